The molecule has 172 valence electrons. The molecule has 1 fully saturated rings. The first kappa shape index (κ1) is 22.9. The molecule has 0 bridgehead atoms. The van der Waals surface area contributed by atoms with Crippen molar-refractivity contribution in [2.75, 3.05) is 36.4 Å². The van der Waals surface area contributed by atoms with Crippen molar-refractivity contribution in [2.24, 2.45) is 0 Å². The van der Waals surface area contributed by atoms with Gasteiger partial charge in [0.1, 0.15) is 0 Å². The normalized spacial score (nSPS) is 14.3. The zero-order valence-electron chi connectivity index (χ0n) is 19.1. The molecular weight excluding hydrogens is 438 g/mol. The summed E-state index contributed by atoms with van der Waals surface area (Å²) in [5.74, 6) is 0.0818. The molecular formula is C26H28ClN3O3. The second-order valence-electron chi connectivity index (χ2n) is 9.20. The van der Waals surface area contributed by atoms with Gasteiger partial charge in [-0.2, -0.15) is 0 Å². The van der Waals surface area contributed by atoms with E-state index < -0.39 is 0 Å². The molecule has 3 aromatic rings. The van der Waals surface area contributed by atoms with Gasteiger partial charge in [0.05, 0.1) is 17.0 Å². The minimum Gasteiger partial charge on any atom is -0.459 e. The number of hydrogen-bond donors (Lipinski definition) is 1. The van der Waals surface area contributed by atoms with Crippen LogP contribution < -0.4 is 10.2 Å². The molecule has 1 aromatic heterocycles. The van der Waals surface area contributed by atoms with Crippen LogP contribution in [0.2, 0.25) is 5.02 Å². The molecule has 0 unspecified atom stereocenters. The minimum atomic E-state index is -0.177. The molecule has 2 heterocycles. The lowest BCUT2D eigenvalue weighted by atomic mass is 9.87. The number of piperazine rings is 1. The van der Waals surface area contributed by atoms with Crippen LogP contribution >= 0.6 is 11.6 Å². The summed E-state index contributed by atoms with van der Waals surface area (Å²) in [6, 6.07) is 16.6. The van der Waals surface area contributed by atoms with E-state index in [-0.39, 0.29) is 17.2 Å². The Kier molecular flexibility index (Phi) is 6.47. The predicted molar refractivity (Wildman–Crippen MR) is 131 cm³/mol. The molecule has 0 spiro atoms. The number of nitrogens with one attached hydrogen (secondary N) is 1. The average Bonchev–Trinajstić information content (AvgIpc) is 3.33. The molecule has 1 aliphatic rings. The molecule has 33 heavy (non-hydrogen) atoms. The van der Waals surface area contributed by atoms with E-state index in [1.54, 1.807) is 23.1 Å². The maximum atomic E-state index is 12.7. The van der Waals surface area contributed by atoms with Crippen molar-refractivity contribution in [3.8, 4) is 0 Å². The standard InChI is InChI=1S/C26H28ClN3O3/c1-26(2,3)19-8-6-18(7-9-19)24(31)28-20-10-11-22(21(27)17-20)29-12-14-30(15-13-29)25(32)23-5-4-16-33-23/h4-11,16-17H,12-15H2,1-3H3,(H,28,31). The summed E-state index contributed by atoms with van der Waals surface area (Å²) < 4.78 is 5.22. The smallest absolute Gasteiger partial charge is 0.289 e. The van der Waals surface area contributed by atoms with Crippen molar-refractivity contribution in [3.63, 3.8) is 0 Å². The highest BCUT2D eigenvalue weighted by atomic mass is 35.5. The third-order valence-electron chi connectivity index (χ3n) is 5.86. The van der Waals surface area contributed by atoms with Crippen LogP contribution in [-0.4, -0.2) is 42.9 Å². The molecule has 2 amide bonds. The molecule has 2 aromatic carbocycles. The first-order valence-electron chi connectivity index (χ1n) is 11.0. The Morgan fingerprint density at radius 3 is 2.24 bits per heavy atom. The summed E-state index contributed by atoms with van der Waals surface area (Å²) in [7, 11) is 0. The highest BCUT2D eigenvalue weighted by Gasteiger charge is 2.25. The van der Waals surface area contributed by atoms with Gasteiger partial charge in [-0.1, -0.05) is 44.5 Å². The zero-order chi connectivity index (χ0) is 23.6. The summed E-state index contributed by atoms with van der Waals surface area (Å²) in [6.07, 6.45) is 1.50. The number of furan rings is 1. The van der Waals surface area contributed by atoms with E-state index in [4.69, 9.17) is 16.0 Å². The fraction of sp³-hybridized carbons (Fsp3) is 0.308. The maximum absolute atomic E-state index is 12.7. The molecule has 7 heteroatoms. The van der Waals surface area contributed by atoms with Gasteiger partial charge in [-0.05, 0) is 53.4 Å². The second-order valence-corrected chi connectivity index (χ2v) is 9.61. The number of halogens is 1. The minimum absolute atomic E-state index is 0.0376. The van der Waals surface area contributed by atoms with Gasteiger partial charge in [-0.3, -0.25) is 9.59 Å². The van der Waals surface area contributed by atoms with E-state index in [9.17, 15) is 9.59 Å². The van der Waals surface area contributed by atoms with Crippen LogP contribution in [0.1, 0.15) is 47.2 Å². The maximum Gasteiger partial charge on any atom is 0.289 e. The Hall–Kier alpha value is -3.25. The van der Waals surface area contributed by atoms with E-state index in [1.807, 2.05) is 36.4 Å². The first-order valence-corrected chi connectivity index (χ1v) is 11.4. The van der Waals surface area contributed by atoms with Crippen LogP contribution in [0.5, 0.6) is 0 Å². The monoisotopic (exact) mass is 465 g/mol. The van der Waals surface area contributed by atoms with Crippen molar-refractivity contribution in [2.45, 2.75) is 26.2 Å². The van der Waals surface area contributed by atoms with Gasteiger partial charge in [0.25, 0.3) is 11.8 Å². The summed E-state index contributed by atoms with van der Waals surface area (Å²) in [5, 5.41) is 3.48. The van der Waals surface area contributed by atoms with E-state index in [0.717, 1.165) is 5.69 Å². The molecule has 0 saturated carbocycles. The molecule has 0 radical (unpaired) electrons. The van der Waals surface area contributed by atoms with Crippen LogP contribution in [0.25, 0.3) is 0 Å². The average molecular weight is 466 g/mol. The topological polar surface area (TPSA) is 65.8 Å². The van der Waals surface area contributed by atoms with Crippen molar-refractivity contribution >= 4 is 34.8 Å². The van der Waals surface area contributed by atoms with E-state index in [0.29, 0.717) is 48.2 Å². The number of carbonyl (C=O) groups is 2. The quantitative estimate of drug-likeness (QED) is 0.556. The molecule has 0 aliphatic carbocycles. The van der Waals surface area contributed by atoms with E-state index in [1.165, 1.54) is 11.8 Å². The van der Waals surface area contributed by atoms with Gasteiger partial charge in [0.15, 0.2) is 5.76 Å². The van der Waals surface area contributed by atoms with Crippen LogP contribution in [-0.2, 0) is 5.41 Å². The van der Waals surface area contributed by atoms with Gasteiger partial charge in [-0.25, -0.2) is 0 Å². The number of benzene rings is 2. The molecule has 6 nitrogen and oxygen atoms in total. The molecule has 1 saturated heterocycles. The number of nitrogens with zero attached hydrogens (tertiary/aromatic N) is 2. The highest BCUT2D eigenvalue weighted by molar-refractivity contribution is 6.33. The number of carbonyl (C=O) groups excluding carboxylic acids is 2. The third-order valence-corrected chi connectivity index (χ3v) is 6.16. The van der Waals surface area contributed by atoms with Crippen LogP contribution in [0.4, 0.5) is 11.4 Å². The number of hydrogen-bond acceptors (Lipinski definition) is 4. The zero-order valence-corrected chi connectivity index (χ0v) is 19.9. The van der Waals surface area contributed by atoms with Crippen LogP contribution in [0, 0.1) is 0 Å². The lowest BCUT2D eigenvalue weighted by molar-refractivity contribution is 0.0714. The van der Waals surface area contributed by atoms with Crippen molar-refractivity contribution in [1.29, 1.82) is 0 Å². The molecule has 4 rings (SSSR count). The highest BCUT2D eigenvalue weighted by Crippen LogP contribution is 2.30. The Morgan fingerprint density at radius 1 is 0.970 bits per heavy atom. The fourth-order valence-electron chi connectivity index (χ4n) is 3.87. The number of anilines is 2. The fourth-order valence-corrected chi connectivity index (χ4v) is 4.17. The van der Waals surface area contributed by atoms with Gasteiger partial charge >= 0.3 is 0 Å². The Bertz CT molecular complexity index is 1130. The summed E-state index contributed by atoms with van der Waals surface area (Å²) >= 11 is 6.55. The van der Waals surface area contributed by atoms with Crippen molar-refractivity contribution in [3.05, 3.63) is 82.8 Å². The van der Waals surface area contributed by atoms with Gasteiger partial charge < -0.3 is 19.5 Å². The van der Waals surface area contributed by atoms with Crippen LogP contribution in [0.3, 0.4) is 0 Å². The Morgan fingerprint density at radius 2 is 1.67 bits per heavy atom. The Labute approximate surface area is 199 Å². The number of rotatable bonds is 4. The largest absolute Gasteiger partial charge is 0.459 e. The van der Waals surface area contributed by atoms with Gasteiger partial charge in [-0.15, -0.1) is 0 Å². The van der Waals surface area contributed by atoms with Crippen molar-refractivity contribution < 1.29 is 14.0 Å². The SMILES string of the molecule is CC(C)(C)c1ccc(C(=O)Nc2ccc(N3CCN(C(=O)c4ccco4)CC3)c(Cl)c2)cc1. The van der Waals surface area contributed by atoms with Crippen LogP contribution in [0.15, 0.2) is 65.3 Å². The van der Waals surface area contributed by atoms with E-state index >= 15 is 0 Å². The molecule has 1 aliphatic heterocycles. The lowest BCUT2D eigenvalue weighted by Gasteiger charge is -2.36. The van der Waals surface area contributed by atoms with E-state index in [2.05, 4.69) is 31.0 Å². The lowest BCUT2D eigenvalue weighted by Crippen LogP contribution is -2.48. The summed E-state index contributed by atoms with van der Waals surface area (Å²) in [4.78, 5) is 29.0. The van der Waals surface area contributed by atoms with Gasteiger partial charge in [0.2, 0.25) is 0 Å². The second kappa shape index (κ2) is 9.32. The predicted octanol–water partition coefficient (Wildman–Crippen LogP) is 5.45. The summed E-state index contributed by atoms with van der Waals surface area (Å²) in [6.45, 7) is 8.92. The van der Waals surface area contributed by atoms with Crippen molar-refractivity contribution in [1.82, 2.24) is 4.90 Å². The third kappa shape index (κ3) is 5.22. The first-order chi connectivity index (χ1) is 15.7. The molecule has 1 N–H and O–H groups in total. The summed E-state index contributed by atoms with van der Waals surface area (Å²) in [5.41, 5.74) is 3.34. The number of amides is 2. The molecule has 0 atom stereocenters. The van der Waals surface area contributed by atoms with Gasteiger partial charge in [0, 0.05) is 37.4 Å². The Balaban J connectivity index is 1.37.